The summed E-state index contributed by atoms with van der Waals surface area (Å²) in [6.07, 6.45) is -2.08. The molecule has 3 aromatic carbocycles. The van der Waals surface area contributed by atoms with E-state index in [1.165, 1.54) is 0 Å². The predicted octanol–water partition coefficient (Wildman–Crippen LogP) is 5.06. The molecule has 162 valence electrons. The lowest BCUT2D eigenvalue weighted by Crippen LogP contribution is -2.57. The van der Waals surface area contributed by atoms with Gasteiger partial charge in [0.1, 0.15) is 23.7 Å². The van der Waals surface area contributed by atoms with Gasteiger partial charge in [-0.1, -0.05) is 90.6 Å². The summed E-state index contributed by atoms with van der Waals surface area (Å²) >= 11 is 1.60. The van der Waals surface area contributed by atoms with Crippen molar-refractivity contribution in [1.29, 1.82) is 0 Å². The fourth-order valence-electron chi connectivity index (χ4n) is 3.61. The smallest absolute Gasteiger partial charge is 0.136 e. The Morgan fingerprint density at radius 1 is 0.742 bits per heavy atom. The molecule has 0 aliphatic carbocycles. The lowest BCUT2D eigenvalue weighted by molar-refractivity contribution is -0.228. The third kappa shape index (κ3) is 5.97. The van der Waals surface area contributed by atoms with Crippen molar-refractivity contribution in [3.8, 4) is 0 Å². The monoisotopic (exact) mass is 436 g/mol. The molecule has 1 aliphatic rings. The summed E-state index contributed by atoms with van der Waals surface area (Å²) in [5, 5.41) is 10.9. The number of benzene rings is 3. The molecule has 5 heteroatoms. The van der Waals surface area contributed by atoms with Gasteiger partial charge in [0.05, 0.1) is 19.3 Å². The number of hydrogen-bond acceptors (Lipinski definition) is 5. The summed E-state index contributed by atoms with van der Waals surface area (Å²) in [5.41, 5.74) is 1.83. The molecule has 0 spiro atoms. The van der Waals surface area contributed by atoms with Crippen LogP contribution in [0.15, 0.2) is 95.9 Å². The molecule has 4 nitrogen and oxygen atoms in total. The van der Waals surface area contributed by atoms with Gasteiger partial charge in [0.2, 0.25) is 0 Å². The third-order valence-corrected chi connectivity index (χ3v) is 6.48. The van der Waals surface area contributed by atoms with Crippen LogP contribution in [0, 0.1) is 0 Å². The molecular weight excluding hydrogens is 408 g/mol. The highest BCUT2D eigenvalue weighted by molar-refractivity contribution is 7.99. The number of hydrogen-bond donors (Lipinski definition) is 1. The predicted molar refractivity (Wildman–Crippen MR) is 123 cm³/mol. The van der Waals surface area contributed by atoms with Crippen LogP contribution in [0.5, 0.6) is 0 Å². The first-order valence-electron chi connectivity index (χ1n) is 10.6. The van der Waals surface area contributed by atoms with Crippen LogP contribution in [0.1, 0.15) is 18.1 Å². The Kier molecular flexibility index (Phi) is 7.78. The lowest BCUT2D eigenvalue weighted by Gasteiger charge is -2.43. The van der Waals surface area contributed by atoms with Crippen molar-refractivity contribution < 1.29 is 19.3 Å². The minimum atomic E-state index is -0.780. The molecule has 4 rings (SSSR count). The number of rotatable bonds is 8. The molecule has 0 saturated carbocycles. The summed E-state index contributed by atoms with van der Waals surface area (Å²) in [7, 11) is 0. The average Bonchev–Trinajstić information content (AvgIpc) is 2.81. The molecule has 1 fully saturated rings. The quantitative estimate of drug-likeness (QED) is 0.535. The van der Waals surface area contributed by atoms with Crippen molar-refractivity contribution in [1.82, 2.24) is 0 Å². The Morgan fingerprint density at radius 3 is 1.77 bits per heavy atom. The minimum Gasteiger partial charge on any atom is -0.388 e. The Balaban J connectivity index is 1.54. The Morgan fingerprint density at radius 2 is 1.23 bits per heavy atom. The second-order valence-electron chi connectivity index (χ2n) is 7.65. The third-order valence-electron chi connectivity index (χ3n) is 5.32. The SMILES string of the molecule is CC1O[C@@H](Sc2ccccc2)C(OCc2ccccc2)C(OCc2ccccc2)[C@@H]1O. The summed E-state index contributed by atoms with van der Waals surface area (Å²) in [5.74, 6) is 0. The van der Waals surface area contributed by atoms with Gasteiger partial charge < -0.3 is 19.3 Å². The average molecular weight is 437 g/mol. The van der Waals surface area contributed by atoms with Gasteiger partial charge >= 0.3 is 0 Å². The summed E-state index contributed by atoms with van der Waals surface area (Å²) in [4.78, 5) is 1.09. The Hall–Kier alpha value is -2.15. The molecule has 5 atom stereocenters. The van der Waals surface area contributed by atoms with Crippen LogP contribution >= 0.6 is 11.8 Å². The van der Waals surface area contributed by atoms with Crippen molar-refractivity contribution >= 4 is 11.8 Å². The molecule has 3 aromatic rings. The molecule has 1 saturated heterocycles. The molecule has 0 bridgehead atoms. The van der Waals surface area contributed by atoms with E-state index in [0.29, 0.717) is 13.2 Å². The van der Waals surface area contributed by atoms with E-state index in [2.05, 4.69) is 12.1 Å². The van der Waals surface area contributed by atoms with E-state index in [-0.39, 0.29) is 11.5 Å². The molecule has 31 heavy (non-hydrogen) atoms. The van der Waals surface area contributed by atoms with E-state index in [0.717, 1.165) is 16.0 Å². The van der Waals surface area contributed by atoms with E-state index < -0.39 is 18.3 Å². The second kappa shape index (κ2) is 10.9. The maximum absolute atomic E-state index is 10.9. The van der Waals surface area contributed by atoms with Crippen LogP contribution in [0.4, 0.5) is 0 Å². The summed E-state index contributed by atoms with van der Waals surface area (Å²) in [6, 6.07) is 30.1. The molecule has 1 N–H and O–H groups in total. The number of aliphatic hydroxyl groups is 1. The van der Waals surface area contributed by atoms with Crippen LogP contribution < -0.4 is 0 Å². The molecule has 1 aliphatic heterocycles. The highest BCUT2D eigenvalue weighted by atomic mass is 32.2. The summed E-state index contributed by atoms with van der Waals surface area (Å²) < 4.78 is 18.8. The second-order valence-corrected chi connectivity index (χ2v) is 8.83. The van der Waals surface area contributed by atoms with Crippen molar-refractivity contribution in [2.24, 2.45) is 0 Å². The van der Waals surface area contributed by atoms with E-state index in [1.807, 2.05) is 85.8 Å². The van der Waals surface area contributed by atoms with Crippen molar-refractivity contribution in [2.45, 2.75) is 54.9 Å². The normalized spacial score (nSPS) is 25.9. The topological polar surface area (TPSA) is 47.9 Å². The van der Waals surface area contributed by atoms with Gasteiger partial charge in [-0.05, 0) is 30.2 Å². The van der Waals surface area contributed by atoms with Gasteiger partial charge in [-0.15, -0.1) is 0 Å². The van der Waals surface area contributed by atoms with Crippen LogP contribution in [-0.4, -0.2) is 35.0 Å². The molecule has 1 heterocycles. The van der Waals surface area contributed by atoms with Gasteiger partial charge in [0, 0.05) is 4.90 Å². The maximum atomic E-state index is 10.9. The van der Waals surface area contributed by atoms with Gasteiger partial charge in [0.15, 0.2) is 0 Å². The van der Waals surface area contributed by atoms with Crippen molar-refractivity contribution in [3.05, 3.63) is 102 Å². The van der Waals surface area contributed by atoms with E-state index >= 15 is 0 Å². The van der Waals surface area contributed by atoms with Gasteiger partial charge in [-0.2, -0.15) is 0 Å². The van der Waals surface area contributed by atoms with Crippen molar-refractivity contribution in [2.75, 3.05) is 0 Å². The maximum Gasteiger partial charge on any atom is 0.136 e. The van der Waals surface area contributed by atoms with Crippen LogP contribution in [0.25, 0.3) is 0 Å². The largest absolute Gasteiger partial charge is 0.388 e. The fourth-order valence-corrected chi connectivity index (χ4v) is 4.79. The minimum absolute atomic E-state index is 0.301. The lowest BCUT2D eigenvalue weighted by atomic mass is 10.00. The number of aliphatic hydroxyl groups excluding tert-OH is 1. The number of ether oxygens (including phenoxy) is 3. The first-order valence-corrected chi connectivity index (χ1v) is 11.4. The Bertz CT molecular complexity index is 906. The highest BCUT2D eigenvalue weighted by Gasteiger charge is 2.45. The van der Waals surface area contributed by atoms with Gasteiger partial charge in [-0.3, -0.25) is 0 Å². The van der Waals surface area contributed by atoms with Gasteiger partial charge in [0.25, 0.3) is 0 Å². The zero-order valence-corrected chi connectivity index (χ0v) is 18.4. The molecule has 0 radical (unpaired) electrons. The highest BCUT2D eigenvalue weighted by Crippen LogP contribution is 2.36. The van der Waals surface area contributed by atoms with Crippen LogP contribution in [-0.2, 0) is 27.4 Å². The first-order chi connectivity index (χ1) is 15.2. The van der Waals surface area contributed by atoms with E-state index in [9.17, 15) is 5.11 Å². The standard InChI is InChI=1S/C26H28O4S/c1-19-23(27)24(28-17-20-11-5-2-6-12-20)25(29-18-21-13-7-3-8-14-21)26(30-19)31-22-15-9-4-10-16-22/h2-16,19,23-27H,17-18H2,1H3/t19?,23-,24?,25?,26+/m1/s1. The molecule has 0 amide bonds. The van der Waals surface area contributed by atoms with E-state index in [4.69, 9.17) is 14.2 Å². The van der Waals surface area contributed by atoms with Crippen LogP contribution in [0.3, 0.4) is 0 Å². The van der Waals surface area contributed by atoms with Crippen molar-refractivity contribution in [3.63, 3.8) is 0 Å². The fraction of sp³-hybridized carbons (Fsp3) is 0.308. The summed E-state index contributed by atoms with van der Waals surface area (Å²) in [6.45, 7) is 2.71. The molecule has 3 unspecified atom stereocenters. The number of thioether (sulfide) groups is 1. The van der Waals surface area contributed by atoms with Gasteiger partial charge in [-0.25, -0.2) is 0 Å². The molecular formula is C26H28O4S. The zero-order chi connectivity index (χ0) is 21.5. The zero-order valence-electron chi connectivity index (χ0n) is 17.5. The van der Waals surface area contributed by atoms with Crippen LogP contribution in [0.2, 0.25) is 0 Å². The first kappa shape index (κ1) is 22.1. The Labute approximate surface area is 188 Å². The van der Waals surface area contributed by atoms with E-state index in [1.54, 1.807) is 11.8 Å². The molecule has 0 aromatic heterocycles.